The standard InChI is InChI=1S/C16H21ClN2S/c1-3-18-10-15-7-8-16(20-15)12-19(2)11-13-5-4-6-14(17)9-13/h4-9,18H,3,10-12H2,1-2H3. The molecule has 0 saturated heterocycles. The van der Waals surface area contributed by atoms with Crippen LogP contribution in [0.3, 0.4) is 0 Å². The molecule has 4 heteroatoms. The predicted octanol–water partition coefficient (Wildman–Crippen LogP) is 4.14. The maximum Gasteiger partial charge on any atom is 0.0409 e. The fraction of sp³-hybridized carbons (Fsp3) is 0.375. The third-order valence-corrected chi connectivity index (χ3v) is 4.34. The average Bonchev–Trinajstić information content (AvgIpc) is 2.83. The number of nitrogens with one attached hydrogen (secondary N) is 1. The summed E-state index contributed by atoms with van der Waals surface area (Å²) in [5, 5.41) is 4.16. The first kappa shape index (κ1) is 15.5. The molecule has 1 aromatic heterocycles. The Balaban J connectivity index is 1.87. The van der Waals surface area contributed by atoms with Gasteiger partial charge < -0.3 is 5.32 Å². The van der Waals surface area contributed by atoms with E-state index in [1.54, 1.807) is 0 Å². The van der Waals surface area contributed by atoms with E-state index in [4.69, 9.17) is 11.6 Å². The van der Waals surface area contributed by atoms with E-state index in [9.17, 15) is 0 Å². The molecule has 20 heavy (non-hydrogen) atoms. The van der Waals surface area contributed by atoms with E-state index in [0.29, 0.717) is 0 Å². The minimum absolute atomic E-state index is 0.806. The van der Waals surface area contributed by atoms with Gasteiger partial charge in [0.25, 0.3) is 0 Å². The van der Waals surface area contributed by atoms with Crippen LogP contribution in [0.15, 0.2) is 36.4 Å². The smallest absolute Gasteiger partial charge is 0.0409 e. The van der Waals surface area contributed by atoms with Gasteiger partial charge in [-0.05, 0) is 43.4 Å². The van der Waals surface area contributed by atoms with E-state index < -0.39 is 0 Å². The number of benzene rings is 1. The van der Waals surface area contributed by atoms with E-state index in [1.165, 1.54) is 15.3 Å². The van der Waals surface area contributed by atoms with E-state index in [-0.39, 0.29) is 0 Å². The first-order valence-corrected chi connectivity index (χ1v) is 8.08. The molecule has 0 radical (unpaired) electrons. The first-order chi connectivity index (χ1) is 9.67. The van der Waals surface area contributed by atoms with Crippen LogP contribution in [0.25, 0.3) is 0 Å². The van der Waals surface area contributed by atoms with Crippen molar-refractivity contribution in [3.05, 3.63) is 56.7 Å². The second-order valence-electron chi connectivity index (χ2n) is 4.95. The van der Waals surface area contributed by atoms with Gasteiger partial charge in [0.2, 0.25) is 0 Å². The lowest BCUT2D eigenvalue weighted by molar-refractivity contribution is 0.322. The Labute approximate surface area is 130 Å². The van der Waals surface area contributed by atoms with Crippen LogP contribution in [0.4, 0.5) is 0 Å². The number of halogens is 1. The fourth-order valence-corrected chi connectivity index (χ4v) is 3.40. The van der Waals surface area contributed by atoms with Gasteiger partial charge >= 0.3 is 0 Å². The van der Waals surface area contributed by atoms with Crippen LogP contribution >= 0.6 is 22.9 Å². The minimum atomic E-state index is 0.806. The molecule has 1 aromatic carbocycles. The summed E-state index contributed by atoms with van der Waals surface area (Å²) in [5.74, 6) is 0. The highest BCUT2D eigenvalue weighted by Crippen LogP contribution is 2.19. The summed E-state index contributed by atoms with van der Waals surface area (Å²) in [5.41, 5.74) is 1.25. The maximum absolute atomic E-state index is 6.02. The van der Waals surface area contributed by atoms with Crippen LogP contribution in [0.5, 0.6) is 0 Å². The van der Waals surface area contributed by atoms with E-state index in [1.807, 2.05) is 29.5 Å². The zero-order valence-electron chi connectivity index (χ0n) is 12.0. The Kier molecular flexibility index (Phi) is 6.05. The Bertz CT molecular complexity index is 539. The topological polar surface area (TPSA) is 15.3 Å². The van der Waals surface area contributed by atoms with Gasteiger partial charge in [0.15, 0.2) is 0 Å². The summed E-state index contributed by atoms with van der Waals surface area (Å²) in [6.45, 7) is 6.01. The molecule has 0 atom stereocenters. The number of rotatable bonds is 7. The average molecular weight is 309 g/mol. The van der Waals surface area contributed by atoms with Crippen molar-refractivity contribution in [3.8, 4) is 0 Å². The van der Waals surface area contributed by atoms with Crippen molar-refractivity contribution in [1.29, 1.82) is 0 Å². The van der Waals surface area contributed by atoms with Crippen molar-refractivity contribution in [2.45, 2.75) is 26.6 Å². The molecule has 0 aliphatic heterocycles. The molecule has 0 fully saturated rings. The third-order valence-electron chi connectivity index (χ3n) is 3.03. The zero-order valence-corrected chi connectivity index (χ0v) is 13.6. The monoisotopic (exact) mass is 308 g/mol. The number of hydrogen-bond acceptors (Lipinski definition) is 3. The normalized spacial score (nSPS) is 11.2. The largest absolute Gasteiger partial charge is 0.312 e. The highest BCUT2D eigenvalue weighted by molar-refractivity contribution is 7.11. The van der Waals surface area contributed by atoms with Crippen molar-refractivity contribution >= 4 is 22.9 Å². The van der Waals surface area contributed by atoms with Gasteiger partial charge in [-0.3, -0.25) is 4.90 Å². The lowest BCUT2D eigenvalue weighted by Crippen LogP contribution is -2.16. The number of nitrogens with zero attached hydrogens (tertiary/aromatic N) is 1. The molecular formula is C16H21ClN2S. The molecule has 0 unspecified atom stereocenters. The molecule has 2 nitrogen and oxygen atoms in total. The number of thiophene rings is 1. The molecule has 0 bridgehead atoms. The van der Waals surface area contributed by atoms with Gasteiger partial charge in [-0.2, -0.15) is 0 Å². The van der Waals surface area contributed by atoms with Gasteiger partial charge in [-0.25, -0.2) is 0 Å². The van der Waals surface area contributed by atoms with Crippen molar-refractivity contribution in [2.24, 2.45) is 0 Å². The summed E-state index contributed by atoms with van der Waals surface area (Å²) in [6.07, 6.45) is 0. The van der Waals surface area contributed by atoms with E-state index in [2.05, 4.69) is 42.4 Å². The lowest BCUT2D eigenvalue weighted by Gasteiger charge is -2.15. The van der Waals surface area contributed by atoms with Crippen LogP contribution in [0.2, 0.25) is 5.02 Å². The van der Waals surface area contributed by atoms with Crippen LogP contribution in [0.1, 0.15) is 22.2 Å². The second-order valence-corrected chi connectivity index (χ2v) is 6.64. The Hall–Kier alpha value is -0.870. The molecular weight excluding hydrogens is 288 g/mol. The summed E-state index contributed by atoms with van der Waals surface area (Å²) in [6, 6.07) is 12.5. The summed E-state index contributed by atoms with van der Waals surface area (Å²) in [4.78, 5) is 5.12. The van der Waals surface area contributed by atoms with Crippen LogP contribution in [-0.2, 0) is 19.6 Å². The van der Waals surface area contributed by atoms with Crippen molar-refractivity contribution in [2.75, 3.05) is 13.6 Å². The highest BCUT2D eigenvalue weighted by atomic mass is 35.5. The van der Waals surface area contributed by atoms with Crippen molar-refractivity contribution in [3.63, 3.8) is 0 Å². The maximum atomic E-state index is 6.02. The Morgan fingerprint density at radius 2 is 1.95 bits per heavy atom. The third kappa shape index (κ3) is 4.91. The Morgan fingerprint density at radius 3 is 2.70 bits per heavy atom. The van der Waals surface area contributed by atoms with Gasteiger partial charge in [-0.1, -0.05) is 30.7 Å². The molecule has 0 aliphatic rings. The van der Waals surface area contributed by atoms with Crippen LogP contribution < -0.4 is 5.32 Å². The molecule has 0 amide bonds. The SMILES string of the molecule is CCNCc1ccc(CN(C)Cc2cccc(Cl)c2)s1. The molecule has 1 heterocycles. The van der Waals surface area contributed by atoms with Crippen molar-refractivity contribution < 1.29 is 0 Å². The lowest BCUT2D eigenvalue weighted by atomic mass is 10.2. The quantitative estimate of drug-likeness (QED) is 0.827. The van der Waals surface area contributed by atoms with E-state index in [0.717, 1.165) is 31.2 Å². The molecule has 2 aromatic rings. The minimum Gasteiger partial charge on any atom is -0.312 e. The summed E-state index contributed by atoms with van der Waals surface area (Å²) in [7, 11) is 2.14. The molecule has 108 valence electrons. The molecule has 1 N–H and O–H groups in total. The van der Waals surface area contributed by atoms with Crippen LogP contribution in [-0.4, -0.2) is 18.5 Å². The molecule has 2 rings (SSSR count). The molecule has 0 saturated carbocycles. The Morgan fingerprint density at radius 1 is 1.15 bits per heavy atom. The van der Waals surface area contributed by atoms with E-state index >= 15 is 0 Å². The van der Waals surface area contributed by atoms with Crippen LogP contribution in [0, 0.1) is 0 Å². The fourth-order valence-electron chi connectivity index (χ4n) is 2.12. The first-order valence-electron chi connectivity index (χ1n) is 6.88. The van der Waals surface area contributed by atoms with Gasteiger partial charge in [0.1, 0.15) is 0 Å². The van der Waals surface area contributed by atoms with Gasteiger partial charge in [0.05, 0.1) is 0 Å². The predicted molar refractivity (Wildman–Crippen MR) is 88.3 cm³/mol. The van der Waals surface area contributed by atoms with Crippen molar-refractivity contribution in [1.82, 2.24) is 10.2 Å². The van der Waals surface area contributed by atoms with Gasteiger partial charge in [-0.15, -0.1) is 11.3 Å². The van der Waals surface area contributed by atoms with Gasteiger partial charge in [0, 0.05) is 34.4 Å². The molecule has 0 aliphatic carbocycles. The summed E-state index contributed by atoms with van der Waals surface area (Å²) >= 11 is 7.90. The number of hydrogen-bond donors (Lipinski definition) is 1. The zero-order chi connectivity index (χ0) is 14.4. The second kappa shape index (κ2) is 7.79. The highest BCUT2D eigenvalue weighted by Gasteiger charge is 2.05. The molecule has 0 spiro atoms. The summed E-state index contributed by atoms with van der Waals surface area (Å²) < 4.78 is 0.